The number of amides is 2. The summed E-state index contributed by atoms with van der Waals surface area (Å²) in [5.74, 6) is 0. The number of hydrogen-bond donors (Lipinski definition) is 1. The van der Waals surface area contributed by atoms with Gasteiger partial charge < -0.3 is 5.32 Å². The average molecular weight is 472 g/mol. The van der Waals surface area contributed by atoms with E-state index in [1.54, 1.807) is 12.1 Å². The van der Waals surface area contributed by atoms with Crippen molar-refractivity contribution in [3.05, 3.63) is 101 Å². The summed E-state index contributed by atoms with van der Waals surface area (Å²) in [6.07, 6.45) is -3.76. The second-order valence-corrected chi connectivity index (χ2v) is 8.26. The first-order valence-corrected chi connectivity index (χ1v) is 10.8. The molecule has 4 rings (SSSR count). The molecule has 1 N–H and O–H groups in total. The zero-order valence-electron chi connectivity index (χ0n) is 17.7. The minimum Gasteiger partial charge on any atom is -0.306 e. The van der Waals surface area contributed by atoms with E-state index in [1.165, 1.54) is 17.1 Å². The van der Waals surface area contributed by atoms with Gasteiger partial charge in [0.2, 0.25) is 0 Å². The monoisotopic (exact) mass is 471 g/mol. The van der Waals surface area contributed by atoms with Crippen molar-refractivity contribution in [1.29, 1.82) is 0 Å². The maximum absolute atomic E-state index is 13.0. The molecule has 0 saturated heterocycles. The SMILES string of the molecule is CCC1(c2ccccc2)CN(C(=O)Nc2ccc(C(F)(F)F)cc2)N=C1c1ccc(Cl)cc1. The van der Waals surface area contributed by atoms with Crippen LogP contribution >= 0.6 is 11.6 Å². The van der Waals surface area contributed by atoms with Crippen LogP contribution < -0.4 is 5.32 Å². The molecule has 0 spiro atoms. The van der Waals surface area contributed by atoms with Crippen LogP contribution in [0.2, 0.25) is 5.02 Å². The van der Waals surface area contributed by atoms with E-state index in [2.05, 4.69) is 10.4 Å². The van der Waals surface area contributed by atoms with Gasteiger partial charge in [-0.3, -0.25) is 0 Å². The summed E-state index contributed by atoms with van der Waals surface area (Å²) in [6, 6.07) is 20.9. The molecule has 1 aliphatic heterocycles. The van der Waals surface area contributed by atoms with Crippen molar-refractivity contribution in [1.82, 2.24) is 5.01 Å². The molecule has 3 aromatic rings. The molecule has 1 atom stereocenters. The predicted molar refractivity (Wildman–Crippen MR) is 124 cm³/mol. The third-order valence-electron chi connectivity index (χ3n) is 5.84. The van der Waals surface area contributed by atoms with Gasteiger partial charge in [0.25, 0.3) is 0 Å². The number of carbonyl (C=O) groups excluding carboxylic acids is 1. The van der Waals surface area contributed by atoms with Crippen LogP contribution in [-0.4, -0.2) is 23.3 Å². The van der Waals surface area contributed by atoms with Crippen LogP contribution in [0.15, 0.2) is 84.0 Å². The molecule has 1 unspecified atom stereocenters. The second-order valence-electron chi connectivity index (χ2n) is 7.82. The maximum atomic E-state index is 13.0. The van der Waals surface area contributed by atoms with E-state index in [-0.39, 0.29) is 12.2 Å². The quantitative estimate of drug-likeness (QED) is 0.439. The number of nitrogens with one attached hydrogen (secondary N) is 1. The molecule has 0 radical (unpaired) electrons. The lowest BCUT2D eigenvalue weighted by Gasteiger charge is -2.30. The van der Waals surface area contributed by atoms with Crippen molar-refractivity contribution >= 4 is 29.0 Å². The molecule has 4 nitrogen and oxygen atoms in total. The largest absolute Gasteiger partial charge is 0.416 e. The normalized spacial score (nSPS) is 18.2. The number of alkyl halides is 3. The fourth-order valence-electron chi connectivity index (χ4n) is 4.04. The van der Waals surface area contributed by atoms with Gasteiger partial charge in [0.05, 0.1) is 23.2 Å². The molecule has 1 aliphatic rings. The first-order chi connectivity index (χ1) is 15.7. The zero-order valence-corrected chi connectivity index (χ0v) is 18.5. The van der Waals surface area contributed by atoms with Gasteiger partial charge in [-0.2, -0.15) is 18.3 Å². The van der Waals surface area contributed by atoms with Crippen LogP contribution in [0.4, 0.5) is 23.7 Å². The first kappa shape index (κ1) is 22.9. The summed E-state index contributed by atoms with van der Waals surface area (Å²) in [5, 5.41) is 9.23. The fourth-order valence-corrected chi connectivity index (χ4v) is 4.17. The number of benzene rings is 3. The van der Waals surface area contributed by atoms with Gasteiger partial charge in [0.15, 0.2) is 0 Å². The van der Waals surface area contributed by atoms with E-state index < -0.39 is 23.2 Å². The number of nitrogens with zero attached hydrogens (tertiary/aromatic N) is 2. The number of rotatable bonds is 4. The lowest BCUT2D eigenvalue weighted by atomic mass is 9.72. The summed E-state index contributed by atoms with van der Waals surface area (Å²) in [6.45, 7) is 2.33. The highest BCUT2D eigenvalue weighted by molar-refractivity contribution is 6.30. The molecule has 0 saturated carbocycles. The van der Waals surface area contributed by atoms with Gasteiger partial charge in [-0.15, -0.1) is 0 Å². The number of halogens is 4. The van der Waals surface area contributed by atoms with E-state index >= 15 is 0 Å². The van der Waals surface area contributed by atoms with Gasteiger partial charge in [-0.25, -0.2) is 9.80 Å². The van der Waals surface area contributed by atoms with Crippen LogP contribution in [0.3, 0.4) is 0 Å². The van der Waals surface area contributed by atoms with Crippen molar-refractivity contribution in [3.8, 4) is 0 Å². The second kappa shape index (κ2) is 8.90. The number of hydrogen-bond acceptors (Lipinski definition) is 2. The minimum atomic E-state index is -4.44. The van der Waals surface area contributed by atoms with Crippen LogP contribution in [-0.2, 0) is 11.6 Å². The van der Waals surface area contributed by atoms with Gasteiger partial charge in [-0.05, 0) is 53.9 Å². The predicted octanol–water partition coefficient (Wildman–Crippen LogP) is 6.96. The third-order valence-corrected chi connectivity index (χ3v) is 6.09. The number of carbonyl (C=O) groups is 1. The topological polar surface area (TPSA) is 44.7 Å². The molecule has 170 valence electrons. The number of hydrazone groups is 1. The molecular weight excluding hydrogens is 451 g/mol. The van der Waals surface area contributed by atoms with Crippen molar-refractivity contribution in [2.75, 3.05) is 11.9 Å². The van der Waals surface area contributed by atoms with E-state index in [0.717, 1.165) is 29.0 Å². The van der Waals surface area contributed by atoms with Crippen LogP contribution in [0, 0.1) is 0 Å². The van der Waals surface area contributed by atoms with Gasteiger partial charge >= 0.3 is 12.2 Å². The average Bonchev–Trinajstić information content (AvgIpc) is 3.21. The standard InChI is InChI=1S/C25H21ClF3N3O/c1-2-24(18-6-4-3-5-7-18)16-32(31-22(24)17-8-12-20(26)13-9-17)23(33)30-21-14-10-19(11-15-21)25(27,28)29/h3-15H,2,16H2,1H3,(H,30,33). The molecular formula is C25H21ClF3N3O. The van der Waals surface area contributed by atoms with E-state index in [0.29, 0.717) is 11.4 Å². The summed E-state index contributed by atoms with van der Waals surface area (Å²) in [7, 11) is 0. The van der Waals surface area contributed by atoms with Crippen LogP contribution in [0.5, 0.6) is 0 Å². The van der Waals surface area contributed by atoms with Crippen LogP contribution in [0.1, 0.15) is 30.0 Å². The number of anilines is 1. The third kappa shape index (κ3) is 4.59. The minimum absolute atomic E-state index is 0.255. The van der Waals surface area contributed by atoms with Gasteiger partial charge in [0.1, 0.15) is 0 Å². The fraction of sp³-hybridized carbons (Fsp3) is 0.200. The highest BCUT2D eigenvalue weighted by Crippen LogP contribution is 2.38. The molecule has 8 heteroatoms. The lowest BCUT2D eigenvalue weighted by Crippen LogP contribution is -2.40. The summed E-state index contributed by atoms with van der Waals surface area (Å²) in [4.78, 5) is 13.0. The van der Waals surface area contributed by atoms with Gasteiger partial charge in [-0.1, -0.05) is 61.0 Å². The molecule has 1 heterocycles. The Balaban J connectivity index is 1.66. The van der Waals surface area contributed by atoms with E-state index in [1.807, 2.05) is 49.4 Å². The van der Waals surface area contributed by atoms with E-state index in [9.17, 15) is 18.0 Å². The first-order valence-electron chi connectivity index (χ1n) is 10.4. The molecule has 3 aromatic carbocycles. The lowest BCUT2D eigenvalue weighted by molar-refractivity contribution is -0.137. The molecule has 0 aliphatic carbocycles. The highest BCUT2D eigenvalue weighted by atomic mass is 35.5. The Bertz CT molecular complexity index is 1160. The Kier molecular flexibility index (Phi) is 6.17. The van der Waals surface area contributed by atoms with Crippen molar-refractivity contribution in [2.24, 2.45) is 5.10 Å². The Morgan fingerprint density at radius 3 is 2.24 bits per heavy atom. The van der Waals surface area contributed by atoms with Gasteiger partial charge in [0, 0.05) is 10.7 Å². The summed E-state index contributed by atoms with van der Waals surface area (Å²) >= 11 is 6.06. The van der Waals surface area contributed by atoms with E-state index in [4.69, 9.17) is 11.6 Å². The molecule has 0 aromatic heterocycles. The maximum Gasteiger partial charge on any atom is 0.416 e. The van der Waals surface area contributed by atoms with Crippen molar-refractivity contribution in [3.63, 3.8) is 0 Å². The Morgan fingerprint density at radius 2 is 1.67 bits per heavy atom. The summed E-state index contributed by atoms with van der Waals surface area (Å²) < 4.78 is 38.5. The molecule has 2 amide bonds. The molecule has 0 bridgehead atoms. The smallest absolute Gasteiger partial charge is 0.306 e. The number of urea groups is 1. The zero-order chi connectivity index (χ0) is 23.6. The molecule has 0 fully saturated rings. The van der Waals surface area contributed by atoms with Crippen LogP contribution in [0.25, 0.3) is 0 Å². The van der Waals surface area contributed by atoms with Crippen molar-refractivity contribution < 1.29 is 18.0 Å². The Hall–Kier alpha value is -3.32. The van der Waals surface area contributed by atoms with Crippen molar-refractivity contribution in [2.45, 2.75) is 24.9 Å². The Labute approximate surface area is 194 Å². The molecule has 33 heavy (non-hydrogen) atoms. The summed E-state index contributed by atoms with van der Waals surface area (Å²) in [5.41, 5.74) is 1.52. The highest BCUT2D eigenvalue weighted by Gasteiger charge is 2.45. The Morgan fingerprint density at radius 1 is 1.03 bits per heavy atom.